The predicted octanol–water partition coefficient (Wildman–Crippen LogP) is 1.95. The Kier molecular flexibility index (Phi) is 4.65. The van der Waals surface area contributed by atoms with Gasteiger partial charge in [0.15, 0.2) is 5.65 Å². The number of hydrogen-bond donors (Lipinski definition) is 3. The largest absolute Gasteiger partial charge is 0.396 e. The van der Waals surface area contributed by atoms with Crippen molar-refractivity contribution < 1.29 is 9.90 Å². The van der Waals surface area contributed by atoms with E-state index < -0.39 is 5.54 Å². The first-order chi connectivity index (χ1) is 10.4. The Hall–Kier alpha value is -2.15. The Bertz CT molecular complexity index is 682. The molecule has 0 fully saturated rings. The second kappa shape index (κ2) is 6.31. The molecule has 3 N–H and O–H groups in total. The maximum atomic E-state index is 12.1. The van der Waals surface area contributed by atoms with Crippen molar-refractivity contribution in [3.63, 3.8) is 0 Å². The van der Waals surface area contributed by atoms with E-state index in [-0.39, 0.29) is 12.6 Å². The summed E-state index contributed by atoms with van der Waals surface area (Å²) in [6, 6.07) is 1.56. The zero-order valence-electron chi connectivity index (χ0n) is 13.5. The molecule has 1 atom stereocenters. The van der Waals surface area contributed by atoms with E-state index in [1.165, 1.54) is 0 Å². The Morgan fingerprint density at radius 3 is 2.86 bits per heavy atom. The number of aryl methyl sites for hydroxylation is 2. The number of nitrogens with zero attached hydrogens (tertiary/aromatic N) is 3. The minimum absolute atomic E-state index is 0.0347. The highest BCUT2D eigenvalue weighted by Crippen LogP contribution is 2.20. The Morgan fingerprint density at radius 2 is 2.23 bits per heavy atom. The Morgan fingerprint density at radius 1 is 1.50 bits per heavy atom. The van der Waals surface area contributed by atoms with Crippen LogP contribution in [0.15, 0.2) is 12.3 Å². The monoisotopic (exact) mass is 305 g/mol. The summed E-state index contributed by atoms with van der Waals surface area (Å²) in [6.45, 7) is 5.83. The fourth-order valence-electron chi connectivity index (χ4n) is 2.39. The average molecular weight is 305 g/mol. The van der Waals surface area contributed by atoms with Crippen LogP contribution < -0.4 is 10.6 Å². The first-order valence-corrected chi connectivity index (χ1v) is 7.38. The molecule has 0 radical (unpaired) electrons. The summed E-state index contributed by atoms with van der Waals surface area (Å²) in [5, 5.41) is 20.0. The van der Waals surface area contributed by atoms with E-state index >= 15 is 0 Å². The number of amides is 2. The molecule has 2 amide bonds. The summed E-state index contributed by atoms with van der Waals surface area (Å²) in [6.07, 6.45) is 2.86. The van der Waals surface area contributed by atoms with Gasteiger partial charge in [0.1, 0.15) is 0 Å². The lowest BCUT2D eigenvalue weighted by molar-refractivity contribution is 0.208. The molecule has 2 heterocycles. The number of fused-ring (bicyclic) bond motifs is 1. The number of aliphatic hydroxyl groups is 1. The minimum atomic E-state index is -0.430. The normalized spacial score (nSPS) is 13.9. The van der Waals surface area contributed by atoms with E-state index in [0.29, 0.717) is 12.1 Å². The summed E-state index contributed by atoms with van der Waals surface area (Å²) < 4.78 is 1.71. The van der Waals surface area contributed by atoms with Crippen molar-refractivity contribution in [1.82, 2.24) is 20.1 Å². The molecule has 2 rings (SSSR count). The van der Waals surface area contributed by atoms with Gasteiger partial charge in [0.25, 0.3) is 0 Å². The molecule has 0 bridgehead atoms. The van der Waals surface area contributed by atoms with Crippen LogP contribution in [0.4, 0.5) is 10.5 Å². The number of nitrogens with one attached hydrogen (secondary N) is 2. The predicted molar refractivity (Wildman–Crippen MR) is 85.8 cm³/mol. The molecule has 7 nitrogen and oxygen atoms in total. The summed E-state index contributed by atoms with van der Waals surface area (Å²) >= 11 is 0. The average Bonchev–Trinajstić information content (AvgIpc) is 2.73. The van der Waals surface area contributed by atoms with Gasteiger partial charge in [0.2, 0.25) is 0 Å². The SMILES string of the molecule is CCC(C)(CCO)NC(=O)Nc1cnc2c(c1)c(C)nn2C. The van der Waals surface area contributed by atoms with Gasteiger partial charge in [-0.05, 0) is 32.8 Å². The quantitative estimate of drug-likeness (QED) is 0.787. The van der Waals surface area contributed by atoms with Crippen molar-refractivity contribution >= 4 is 22.8 Å². The highest BCUT2D eigenvalue weighted by molar-refractivity contribution is 5.92. The number of carbonyl (C=O) groups is 1. The summed E-state index contributed by atoms with van der Waals surface area (Å²) in [7, 11) is 1.84. The third-order valence-electron chi connectivity index (χ3n) is 3.98. The van der Waals surface area contributed by atoms with Crippen molar-refractivity contribution in [3.8, 4) is 0 Å². The molecule has 0 aliphatic heterocycles. The molecular formula is C15H23N5O2. The van der Waals surface area contributed by atoms with Gasteiger partial charge >= 0.3 is 6.03 Å². The third-order valence-corrected chi connectivity index (χ3v) is 3.98. The van der Waals surface area contributed by atoms with Crippen molar-refractivity contribution in [2.75, 3.05) is 11.9 Å². The summed E-state index contributed by atoms with van der Waals surface area (Å²) in [5.74, 6) is 0. The molecule has 2 aromatic heterocycles. The van der Waals surface area contributed by atoms with Crippen molar-refractivity contribution in [2.24, 2.45) is 7.05 Å². The third kappa shape index (κ3) is 3.36. The van der Waals surface area contributed by atoms with Crippen LogP contribution in [0.25, 0.3) is 11.0 Å². The summed E-state index contributed by atoms with van der Waals surface area (Å²) in [4.78, 5) is 16.5. The number of aromatic nitrogens is 3. The maximum Gasteiger partial charge on any atom is 0.319 e. The molecule has 120 valence electrons. The molecule has 0 aliphatic rings. The van der Waals surface area contributed by atoms with Gasteiger partial charge in [-0.1, -0.05) is 6.92 Å². The van der Waals surface area contributed by atoms with E-state index in [1.54, 1.807) is 10.9 Å². The van der Waals surface area contributed by atoms with Crippen LogP contribution in [-0.2, 0) is 7.05 Å². The number of rotatable bonds is 5. The minimum Gasteiger partial charge on any atom is -0.396 e. The van der Waals surface area contributed by atoms with Crippen molar-refractivity contribution in [3.05, 3.63) is 18.0 Å². The molecule has 0 aromatic carbocycles. The van der Waals surface area contributed by atoms with E-state index in [4.69, 9.17) is 5.11 Å². The fraction of sp³-hybridized carbons (Fsp3) is 0.533. The second-order valence-corrected chi connectivity index (χ2v) is 5.77. The van der Waals surface area contributed by atoms with Crippen LogP contribution in [0.2, 0.25) is 0 Å². The molecule has 22 heavy (non-hydrogen) atoms. The van der Waals surface area contributed by atoms with Gasteiger partial charge < -0.3 is 15.7 Å². The van der Waals surface area contributed by atoms with Gasteiger partial charge in [0, 0.05) is 24.6 Å². The second-order valence-electron chi connectivity index (χ2n) is 5.77. The molecule has 7 heteroatoms. The number of aliphatic hydroxyl groups excluding tert-OH is 1. The standard InChI is InChI=1S/C15H23N5O2/c1-5-15(3,6-7-21)18-14(22)17-11-8-12-10(2)19-20(4)13(12)16-9-11/h8-9,21H,5-7H2,1-4H3,(H2,17,18,22). The van der Waals surface area contributed by atoms with Crippen LogP contribution in [0.3, 0.4) is 0 Å². The number of hydrogen-bond acceptors (Lipinski definition) is 4. The van der Waals surface area contributed by atoms with Crippen LogP contribution in [0.1, 0.15) is 32.4 Å². The topological polar surface area (TPSA) is 92.1 Å². The zero-order valence-corrected chi connectivity index (χ0v) is 13.5. The molecule has 0 saturated heterocycles. The molecule has 0 spiro atoms. The van der Waals surface area contributed by atoms with Gasteiger partial charge in [-0.3, -0.25) is 4.68 Å². The molecule has 0 saturated carbocycles. The maximum absolute atomic E-state index is 12.1. The lowest BCUT2D eigenvalue weighted by atomic mass is 9.95. The van der Waals surface area contributed by atoms with Crippen LogP contribution in [-0.4, -0.2) is 38.0 Å². The summed E-state index contributed by atoms with van der Waals surface area (Å²) in [5.41, 5.74) is 1.83. The van der Waals surface area contributed by atoms with E-state index in [9.17, 15) is 4.79 Å². The first-order valence-electron chi connectivity index (χ1n) is 7.38. The van der Waals surface area contributed by atoms with Crippen LogP contribution in [0, 0.1) is 6.92 Å². The number of carbonyl (C=O) groups excluding carboxylic acids is 1. The number of pyridine rings is 1. The molecule has 1 unspecified atom stereocenters. The van der Waals surface area contributed by atoms with E-state index in [2.05, 4.69) is 20.7 Å². The lowest BCUT2D eigenvalue weighted by Gasteiger charge is -2.28. The van der Waals surface area contributed by atoms with Gasteiger partial charge in [-0.15, -0.1) is 0 Å². The number of urea groups is 1. The van der Waals surface area contributed by atoms with E-state index in [1.807, 2.05) is 33.9 Å². The van der Waals surface area contributed by atoms with Crippen LogP contribution >= 0.6 is 0 Å². The molecular weight excluding hydrogens is 282 g/mol. The highest BCUT2D eigenvalue weighted by atomic mass is 16.3. The van der Waals surface area contributed by atoms with Crippen molar-refractivity contribution in [2.45, 2.75) is 39.2 Å². The van der Waals surface area contributed by atoms with Gasteiger partial charge in [0.05, 0.1) is 17.6 Å². The highest BCUT2D eigenvalue weighted by Gasteiger charge is 2.23. The Balaban J connectivity index is 2.13. The van der Waals surface area contributed by atoms with Gasteiger partial charge in [-0.25, -0.2) is 9.78 Å². The van der Waals surface area contributed by atoms with Gasteiger partial charge in [-0.2, -0.15) is 5.10 Å². The molecule has 0 aliphatic carbocycles. The van der Waals surface area contributed by atoms with Crippen molar-refractivity contribution in [1.29, 1.82) is 0 Å². The lowest BCUT2D eigenvalue weighted by Crippen LogP contribution is -2.48. The first kappa shape index (κ1) is 16.2. The van der Waals surface area contributed by atoms with Crippen LogP contribution in [0.5, 0.6) is 0 Å². The van der Waals surface area contributed by atoms with E-state index in [0.717, 1.165) is 23.1 Å². The zero-order chi connectivity index (χ0) is 16.3. The fourth-order valence-corrected chi connectivity index (χ4v) is 2.39. The smallest absolute Gasteiger partial charge is 0.319 e. The molecule has 2 aromatic rings. The Labute approximate surface area is 129 Å². The number of anilines is 1.